The van der Waals surface area contributed by atoms with Crippen LogP contribution in [0, 0.1) is 17.0 Å². The maximum absolute atomic E-state index is 13.7. The van der Waals surface area contributed by atoms with E-state index in [1.165, 1.54) is 24.6 Å². The van der Waals surface area contributed by atoms with E-state index in [-0.39, 0.29) is 35.9 Å². The molecule has 3 atom stereocenters. The molecule has 0 spiro atoms. The van der Waals surface area contributed by atoms with Crippen LogP contribution in [0.25, 0.3) is 0 Å². The van der Waals surface area contributed by atoms with Crippen molar-refractivity contribution < 1.29 is 18.7 Å². The van der Waals surface area contributed by atoms with E-state index in [2.05, 4.69) is 68.8 Å². The van der Waals surface area contributed by atoms with Crippen molar-refractivity contribution in [3.63, 3.8) is 0 Å². The molecule has 7 heteroatoms. The van der Waals surface area contributed by atoms with Gasteiger partial charge in [-0.3, -0.25) is 4.79 Å². The van der Waals surface area contributed by atoms with Crippen LogP contribution in [0.5, 0.6) is 0 Å². The van der Waals surface area contributed by atoms with Gasteiger partial charge in [0.1, 0.15) is 11.6 Å². The molecule has 0 fully saturated rings. The Morgan fingerprint density at radius 1 is 1.14 bits per heavy atom. The quantitative estimate of drug-likeness (QED) is 0.428. The number of aliphatic hydroxyl groups excluding tert-OH is 1. The molecule has 35 heavy (non-hydrogen) atoms. The minimum Gasteiger partial charge on any atom is -0.390 e. The SMILES string of the molecule is CC(=O)N[C@@H](Cc1cc(F)cc(F)c1)[C@H](O)CN[C@H]1CC(C)(C)Nc2ccc(CC(C)(C)C)cc21. The molecule has 2 aromatic carbocycles. The molecular formula is C28H39F2N3O2. The normalized spacial score (nSPS) is 18.8. The van der Waals surface area contributed by atoms with Gasteiger partial charge < -0.3 is 21.1 Å². The summed E-state index contributed by atoms with van der Waals surface area (Å²) in [5.41, 5.74) is 3.88. The van der Waals surface area contributed by atoms with Gasteiger partial charge in [-0.1, -0.05) is 32.9 Å². The molecule has 0 unspecified atom stereocenters. The molecule has 0 radical (unpaired) electrons. The lowest BCUT2D eigenvalue weighted by molar-refractivity contribution is -0.120. The molecule has 0 saturated carbocycles. The average Bonchev–Trinajstić information content (AvgIpc) is 2.69. The van der Waals surface area contributed by atoms with Crippen LogP contribution in [0.1, 0.15) is 70.7 Å². The average molecular weight is 488 g/mol. The third-order valence-corrected chi connectivity index (χ3v) is 6.22. The first kappa shape index (κ1) is 27.1. The van der Waals surface area contributed by atoms with Gasteiger partial charge in [-0.05, 0) is 73.4 Å². The van der Waals surface area contributed by atoms with Crippen LogP contribution in [0.3, 0.4) is 0 Å². The second-order valence-electron chi connectivity index (χ2n) is 11.7. The summed E-state index contributed by atoms with van der Waals surface area (Å²) in [6, 6.07) is 9.08. The Labute approximate surface area is 207 Å². The lowest BCUT2D eigenvalue weighted by Crippen LogP contribution is -2.50. The van der Waals surface area contributed by atoms with Gasteiger partial charge in [-0.2, -0.15) is 0 Å². The van der Waals surface area contributed by atoms with E-state index in [1.54, 1.807) is 0 Å². The molecule has 0 saturated heterocycles. The maximum atomic E-state index is 13.7. The maximum Gasteiger partial charge on any atom is 0.217 e. The number of rotatable bonds is 8. The minimum atomic E-state index is -0.954. The molecule has 4 N–H and O–H groups in total. The summed E-state index contributed by atoms with van der Waals surface area (Å²) in [6.45, 7) is 12.5. The smallest absolute Gasteiger partial charge is 0.217 e. The van der Waals surface area contributed by atoms with Crippen LogP contribution in [-0.2, 0) is 17.6 Å². The lowest BCUT2D eigenvalue weighted by Gasteiger charge is -2.40. The first-order valence-electron chi connectivity index (χ1n) is 12.3. The predicted octanol–water partition coefficient (Wildman–Crippen LogP) is 4.89. The Morgan fingerprint density at radius 3 is 2.40 bits per heavy atom. The second-order valence-corrected chi connectivity index (χ2v) is 11.7. The van der Waals surface area contributed by atoms with Gasteiger partial charge >= 0.3 is 0 Å². The molecule has 0 aliphatic carbocycles. The van der Waals surface area contributed by atoms with Crippen molar-refractivity contribution in [3.8, 4) is 0 Å². The van der Waals surface area contributed by atoms with Crippen molar-refractivity contribution in [1.82, 2.24) is 10.6 Å². The molecule has 1 aliphatic rings. The molecule has 2 aromatic rings. The first-order valence-corrected chi connectivity index (χ1v) is 12.3. The zero-order valence-electron chi connectivity index (χ0n) is 21.6. The van der Waals surface area contributed by atoms with E-state index in [9.17, 15) is 18.7 Å². The fourth-order valence-corrected chi connectivity index (χ4v) is 4.89. The lowest BCUT2D eigenvalue weighted by atomic mass is 9.82. The standard InChI is InChI=1S/C28H39F2N3O2/c1-17(34)32-24(12-19-9-20(29)13-21(30)10-19)26(35)16-31-25-15-28(5,6)33-23-8-7-18(11-22(23)25)14-27(2,3)4/h7-11,13,24-26,31,33,35H,12,14-16H2,1-6H3,(H,32,34)/t24-,25-,26+/m0/s1. The number of fused-ring (bicyclic) bond motifs is 1. The molecule has 3 rings (SSSR count). The molecule has 1 amide bonds. The number of amides is 1. The number of carbonyl (C=O) groups excluding carboxylic acids is 1. The van der Waals surface area contributed by atoms with Crippen molar-refractivity contribution in [3.05, 3.63) is 64.7 Å². The first-order chi connectivity index (χ1) is 16.2. The van der Waals surface area contributed by atoms with Crippen LogP contribution >= 0.6 is 0 Å². The van der Waals surface area contributed by atoms with Gasteiger partial charge in [0.05, 0.1) is 12.1 Å². The predicted molar refractivity (Wildman–Crippen MR) is 136 cm³/mol. The van der Waals surface area contributed by atoms with E-state index in [1.807, 2.05) is 0 Å². The summed E-state index contributed by atoms with van der Waals surface area (Å²) < 4.78 is 27.3. The van der Waals surface area contributed by atoms with Gasteiger partial charge in [0.2, 0.25) is 5.91 Å². The molecular weight excluding hydrogens is 448 g/mol. The molecule has 0 bridgehead atoms. The van der Waals surface area contributed by atoms with Crippen LogP contribution < -0.4 is 16.0 Å². The van der Waals surface area contributed by atoms with E-state index in [4.69, 9.17) is 0 Å². The fourth-order valence-electron chi connectivity index (χ4n) is 4.89. The summed E-state index contributed by atoms with van der Waals surface area (Å²) in [5.74, 6) is -1.69. The summed E-state index contributed by atoms with van der Waals surface area (Å²) >= 11 is 0. The van der Waals surface area contributed by atoms with Crippen molar-refractivity contribution in [2.75, 3.05) is 11.9 Å². The zero-order valence-corrected chi connectivity index (χ0v) is 21.6. The van der Waals surface area contributed by atoms with Gasteiger partial charge in [0.15, 0.2) is 0 Å². The highest BCUT2D eigenvalue weighted by molar-refractivity contribution is 5.73. The minimum absolute atomic E-state index is 0.000380. The summed E-state index contributed by atoms with van der Waals surface area (Å²) in [6.07, 6.45) is 0.921. The second kappa shape index (κ2) is 10.6. The van der Waals surface area contributed by atoms with Crippen molar-refractivity contribution in [2.45, 2.75) is 84.5 Å². The Kier molecular flexibility index (Phi) is 8.22. The number of halogens is 2. The Bertz CT molecular complexity index is 1030. The third-order valence-electron chi connectivity index (χ3n) is 6.22. The number of anilines is 1. The Morgan fingerprint density at radius 2 is 1.80 bits per heavy atom. The molecule has 5 nitrogen and oxygen atoms in total. The number of aliphatic hydroxyl groups is 1. The van der Waals surface area contributed by atoms with Crippen molar-refractivity contribution in [1.29, 1.82) is 0 Å². The van der Waals surface area contributed by atoms with Gasteiger partial charge in [0.25, 0.3) is 0 Å². The van der Waals surface area contributed by atoms with Gasteiger partial charge in [-0.15, -0.1) is 0 Å². The highest BCUT2D eigenvalue weighted by Crippen LogP contribution is 2.38. The van der Waals surface area contributed by atoms with Crippen molar-refractivity contribution in [2.24, 2.45) is 5.41 Å². The summed E-state index contributed by atoms with van der Waals surface area (Å²) in [4.78, 5) is 11.8. The van der Waals surface area contributed by atoms with E-state index >= 15 is 0 Å². The van der Waals surface area contributed by atoms with Gasteiger partial charge in [-0.25, -0.2) is 8.78 Å². The highest BCUT2D eigenvalue weighted by atomic mass is 19.1. The molecule has 192 valence electrons. The number of benzene rings is 2. The number of nitrogens with one attached hydrogen (secondary N) is 3. The van der Waals surface area contributed by atoms with Crippen LogP contribution in [0.15, 0.2) is 36.4 Å². The third kappa shape index (κ3) is 8.00. The van der Waals surface area contributed by atoms with E-state index in [0.717, 1.165) is 30.2 Å². The summed E-state index contributed by atoms with van der Waals surface area (Å²) in [5, 5.41) is 20.8. The van der Waals surface area contributed by atoms with E-state index in [0.29, 0.717) is 5.56 Å². The van der Waals surface area contributed by atoms with Crippen molar-refractivity contribution >= 4 is 11.6 Å². The number of hydrogen-bond donors (Lipinski definition) is 4. The zero-order chi connectivity index (χ0) is 26.0. The highest BCUT2D eigenvalue weighted by Gasteiger charge is 2.33. The summed E-state index contributed by atoms with van der Waals surface area (Å²) in [7, 11) is 0. The molecule has 0 aromatic heterocycles. The Hall–Kier alpha value is -2.51. The monoisotopic (exact) mass is 487 g/mol. The van der Waals surface area contributed by atoms with Crippen LogP contribution in [-0.4, -0.2) is 35.2 Å². The van der Waals surface area contributed by atoms with E-state index < -0.39 is 23.8 Å². The van der Waals surface area contributed by atoms with Crippen LogP contribution in [0.2, 0.25) is 0 Å². The topological polar surface area (TPSA) is 73.4 Å². The van der Waals surface area contributed by atoms with Gasteiger partial charge in [0, 0.05) is 36.8 Å². The molecule has 1 heterocycles. The fraction of sp³-hybridized carbons (Fsp3) is 0.536. The Balaban J connectivity index is 1.77. The number of hydrogen-bond acceptors (Lipinski definition) is 4. The molecule has 1 aliphatic heterocycles. The largest absolute Gasteiger partial charge is 0.390 e. The number of carbonyl (C=O) groups is 1. The van der Waals surface area contributed by atoms with Crippen LogP contribution in [0.4, 0.5) is 14.5 Å².